The number of methoxy groups -OCH3 is 1. The van der Waals surface area contributed by atoms with Crippen molar-refractivity contribution >= 4 is 0 Å². The Hall–Kier alpha value is -0.160. The van der Waals surface area contributed by atoms with E-state index in [1.54, 1.807) is 7.11 Å². The van der Waals surface area contributed by atoms with Crippen LogP contribution in [0.5, 0.6) is 0 Å². The van der Waals surface area contributed by atoms with Crippen molar-refractivity contribution in [1.29, 1.82) is 0 Å². The summed E-state index contributed by atoms with van der Waals surface area (Å²) in [5.41, 5.74) is 0. The summed E-state index contributed by atoms with van der Waals surface area (Å²) >= 11 is 0. The van der Waals surface area contributed by atoms with Crippen molar-refractivity contribution in [2.24, 2.45) is 0 Å². The van der Waals surface area contributed by atoms with Gasteiger partial charge < -0.3 is 15.2 Å². The van der Waals surface area contributed by atoms with E-state index >= 15 is 0 Å². The third-order valence-corrected chi connectivity index (χ3v) is 2.48. The second-order valence-electron chi connectivity index (χ2n) is 4.02. The Bertz CT molecular complexity index is 143. The van der Waals surface area contributed by atoms with Gasteiger partial charge in [-0.15, -0.1) is 0 Å². The molecule has 15 heavy (non-hydrogen) atoms. The van der Waals surface area contributed by atoms with E-state index in [0.29, 0.717) is 6.04 Å². The molecule has 0 aromatic heterocycles. The van der Waals surface area contributed by atoms with Gasteiger partial charge in [-0.2, -0.15) is 0 Å². The number of likely N-dealkylation sites (N-methyl/N-ethyl adjacent to an activating group) is 1. The minimum absolute atomic E-state index is 0.161. The molecule has 0 radical (unpaired) electrons. The molecular formula is C11H26N2O2. The number of rotatable bonds is 9. The number of nitrogens with one attached hydrogen (secondary N) is 1. The molecule has 0 aliphatic heterocycles. The van der Waals surface area contributed by atoms with E-state index in [1.807, 2.05) is 0 Å². The standard InChI is InChI=1S/C11H26N2O2/c1-5-12-11(9-14)8-13(10(2)3)6-7-15-4/h10-12,14H,5-9H2,1-4H3. The first-order valence-corrected chi connectivity index (χ1v) is 5.72. The minimum atomic E-state index is 0.161. The Morgan fingerprint density at radius 1 is 1.40 bits per heavy atom. The highest BCUT2D eigenvalue weighted by Crippen LogP contribution is 2.00. The number of nitrogens with zero attached hydrogens (tertiary/aromatic N) is 1. The average molecular weight is 218 g/mol. The van der Waals surface area contributed by atoms with Gasteiger partial charge in [0.1, 0.15) is 0 Å². The summed E-state index contributed by atoms with van der Waals surface area (Å²) in [5.74, 6) is 0. The molecule has 0 saturated carbocycles. The molecule has 0 aromatic rings. The van der Waals surface area contributed by atoms with Gasteiger partial charge in [-0.05, 0) is 20.4 Å². The summed E-state index contributed by atoms with van der Waals surface area (Å²) in [4.78, 5) is 2.31. The van der Waals surface area contributed by atoms with Crippen molar-refractivity contribution in [2.75, 3.05) is 40.0 Å². The van der Waals surface area contributed by atoms with Crippen LogP contribution in [0, 0.1) is 0 Å². The Kier molecular flexibility index (Phi) is 9.00. The van der Waals surface area contributed by atoms with Gasteiger partial charge in [0.05, 0.1) is 13.2 Å². The van der Waals surface area contributed by atoms with E-state index in [2.05, 4.69) is 31.0 Å². The number of hydrogen-bond donors (Lipinski definition) is 2. The van der Waals surface area contributed by atoms with Gasteiger partial charge in [0.2, 0.25) is 0 Å². The topological polar surface area (TPSA) is 44.7 Å². The summed E-state index contributed by atoms with van der Waals surface area (Å²) in [6.07, 6.45) is 0. The van der Waals surface area contributed by atoms with Crippen LogP contribution in [0.15, 0.2) is 0 Å². The summed E-state index contributed by atoms with van der Waals surface area (Å²) in [7, 11) is 1.71. The van der Waals surface area contributed by atoms with E-state index in [0.717, 1.165) is 26.2 Å². The fourth-order valence-electron chi connectivity index (χ4n) is 1.53. The molecule has 1 unspecified atom stereocenters. The molecule has 1 atom stereocenters. The fraction of sp³-hybridized carbons (Fsp3) is 1.00. The first kappa shape index (κ1) is 14.8. The second kappa shape index (κ2) is 9.09. The van der Waals surface area contributed by atoms with Crippen LogP contribution in [-0.4, -0.2) is 62.0 Å². The maximum absolute atomic E-state index is 9.19. The first-order chi connectivity index (χ1) is 7.15. The maximum Gasteiger partial charge on any atom is 0.0597 e. The monoisotopic (exact) mass is 218 g/mol. The third kappa shape index (κ3) is 6.84. The summed E-state index contributed by atoms with van der Waals surface area (Å²) < 4.78 is 5.07. The van der Waals surface area contributed by atoms with E-state index in [1.165, 1.54) is 0 Å². The van der Waals surface area contributed by atoms with Crippen LogP contribution in [0.25, 0.3) is 0 Å². The molecular weight excluding hydrogens is 192 g/mol. The van der Waals surface area contributed by atoms with Gasteiger partial charge in [0, 0.05) is 32.3 Å². The largest absolute Gasteiger partial charge is 0.395 e. The van der Waals surface area contributed by atoms with Gasteiger partial charge >= 0.3 is 0 Å². The Morgan fingerprint density at radius 3 is 2.47 bits per heavy atom. The number of hydrogen-bond acceptors (Lipinski definition) is 4. The van der Waals surface area contributed by atoms with Crippen molar-refractivity contribution in [2.45, 2.75) is 32.9 Å². The van der Waals surface area contributed by atoms with Crippen LogP contribution in [0.1, 0.15) is 20.8 Å². The Balaban J connectivity index is 4.00. The first-order valence-electron chi connectivity index (χ1n) is 5.72. The molecule has 0 aliphatic carbocycles. The number of ether oxygens (including phenoxy) is 1. The predicted molar refractivity (Wildman–Crippen MR) is 63.1 cm³/mol. The highest BCUT2D eigenvalue weighted by atomic mass is 16.5. The zero-order valence-corrected chi connectivity index (χ0v) is 10.5. The van der Waals surface area contributed by atoms with Crippen molar-refractivity contribution in [3.63, 3.8) is 0 Å². The molecule has 0 aliphatic rings. The molecule has 4 nitrogen and oxygen atoms in total. The molecule has 0 aromatic carbocycles. The zero-order valence-electron chi connectivity index (χ0n) is 10.5. The van der Waals surface area contributed by atoms with Gasteiger partial charge in [-0.25, -0.2) is 0 Å². The minimum Gasteiger partial charge on any atom is -0.395 e. The van der Waals surface area contributed by atoms with E-state index < -0.39 is 0 Å². The SMILES string of the molecule is CCNC(CO)CN(CCOC)C(C)C. The molecule has 0 saturated heterocycles. The lowest BCUT2D eigenvalue weighted by molar-refractivity contribution is 0.110. The lowest BCUT2D eigenvalue weighted by Gasteiger charge is -2.30. The van der Waals surface area contributed by atoms with Crippen LogP contribution >= 0.6 is 0 Å². The van der Waals surface area contributed by atoms with Gasteiger partial charge in [0.25, 0.3) is 0 Å². The Labute approximate surface area is 93.6 Å². The summed E-state index contributed by atoms with van der Waals surface area (Å²) in [6, 6.07) is 0.641. The van der Waals surface area contributed by atoms with E-state index in [9.17, 15) is 5.11 Å². The van der Waals surface area contributed by atoms with E-state index in [-0.39, 0.29) is 12.6 Å². The molecule has 2 N–H and O–H groups in total. The summed E-state index contributed by atoms with van der Waals surface area (Å²) in [5, 5.41) is 12.5. The molecule has 4 heteroatoms. The second-order valence-corrected chi connectivity index (χ2v) is 4.02. The molecule has 92 valence electrons. The third-order valence-electron chi connectivity index (χ3n) is 2.48. The van der Waals surface area contributed by atoms with Gasteiger partial charge in [-0.3, -0.25) is 4.90 Å². The zero-order chi connectivity index (χ0) is 11.7. The van der Waals surface area contributed by atoms with Gasteiger partial charge in [0.15, 0.2) is 0 Å². The van der Waals surface area contributed by atoms with Crippen molar-refractivity contribution in [1.82, 2.24) is 10.2 Å². The molecule has 0 fully saturated rings. The van der Waals surface area contributed by atoms with Gasteiger partial charge in [-0.1, -0.05) is 6.92 Å². The lowest BCUT2D eigenvalue weighted by Crippen LogP contribution is -2.46. The van der Waals surface area contributed by atoms with Crippen molar-refractivity contribution < 1.29 is 9.84 Å². The normalized spacial score (nSPS) is 13.8. The highest BCUT2D eigenvalue weighted by Gasteiger charge is 2.14. The van der Waals surface area contributed by atoms with Crippen molar-refractivity contribution in [3.8, 4) is 0 Å². The molecule has 0 amide bonds. The number of aliphatic hydroxyl groups excluding tert-OH is 1. The smallest absolute Gasteiger partial charge is 0.0597 e. The molecule has 0 heterocycles. The molecule has 0 spiro atoms. The quantitative estimate of drug-likeness (QED) is 0.585. The Morgan fingerprint density at radius 2 is 2.07 bits per heavy atom. The fourth-order valence-corrected chi connectivity index (χ4v) is 1.53. The lowest BCUT2D eigenvalue weighted by atomic mass is 10.2. The van der Waals surface area contributed by atoms with Crippen LogP contribution in [-0.2, 0) is 4.74 Å². The van der Waals surface area contributed by atoms with Crippen LogP contribution in [0.3, 0.4) is 0 Å². The predicted octanol–water partition coefficient (Wildman–Crippen LogP) is 0.314. The molecule has 0 bridgehead atoms. The van der Waals surface area contributed by atoms with Crippen LogP contribution in [0.2, 0.25) is 0 Å². The highest BCUT2D eigenvalue weighted by molar-refractivity contribution is 4.73. The van der Waals surface area contributed by atoms with Crippen LogP contribution in [0.4, 0.5) is 0 Å². The van der Waals surface area contributed by atoms with Crippen LogP contribution < -0.4 is 5.32 Å². The number of aliphatic hydroxyl groups is 1. The van der Waals surface area contributed by atoms with E-state index in [4.69, 9.17) is 4.74 Å². The van der Waals surface area contributed by atoms with Crippen molar-refractivity contribution in [3.05, 3.63) is 0 Å². The molecule has 0 rings (SSSR count). The average Bonchev–Trinajstić information content (AvgIpc) is 2.22. The summed E-state index contributed by atoms with van der Waals surface area (Å²) in [6.45, 7) is 9.97. The maximum atomic E-state index is 9.19.